The van der Waals surface area contributed by atoms with Crippen molar-refractivity contribution in [2.24, 2.45) is 0 Å². The topological polar surface area (TPSA) is 25.8 Å². The van der Waals surface area contributed by atoms with E-state index in [1.807, 2.05) is 12.1 Å². The molecule has 150 valence electrons. The van der Waals surface area contributed by atoms with E-state index in [4.69, 9.17) is 0 Å². The summed E-state index contributed by atoms with van der Waals surface area (Å²) in [6, 6.07) is 17.0. The maximum atomic E-state index is 13.0. The molecule has 1 atom stereocenters. The first-order chi connectivity index (χ1) is 14.2. The molecule has 3 heteroatoms. The molecule has 0 spiro atoms. The van der Waals surface area contributed by atoms with E-state index in [0.29, 0.717) is 6.42 Å². The number of nitrogens with zero attached hydrogens (tertiary/aromatic N) is 2. The van der Waals surface area contributed by atoms with Crippen molar-refractivity contribution in [1.29, 1.82) is 0 Å². The van der Waals surface area contributed by atoms with Gasteiger partial charge >= 0.3 is 0 Å². The third-order valence-electron chi connectivity index (χ3n) is 5.13. The molecule has 2 nitrogen and oxygen atoms in total. The minimum atomic E-state index is -0.704. The fraction of sp³-hybridized carbons (Fsp3) is 0.308. The molecule has 3 rings (SSSR count). The normalized spacial score (nSPS) is 11.9. The summed E-state index contributed by atoms with van der Waals surface area (Å²) in [5, 5.41) is 0. The zero-order valence-electron chi connectivity index (χ0n) is 17.2. The number of benzene rings is 2. The number of alkyl halides is 1. The molecule has 0 saturated carbocycles. The number of aromatic nitrogens is 2. The van der Waals surface area contributed by atoms with Gasteiger partial charge in [-0.3, -0.25) is 0 Å². The Hall–Kier alpha value is -2.81. The van der Waals surface area contributed by atoms with Crippen LogP contribution < -0.4 is 0 Å². The van der Waals surface area contributed by atoms with Crippen LogP contribution in [0.4, 0.5) is 4.39 Å². The highest BCUT2D eigenvalue weighted by Gasteiger charge is 2.10. The molecule has 1 heterocycles. The van der Waals surface area contributed by atoms with E-state index in [1.165, 1.54) is 22.3 Å². The monoisotopic (exact) mass is 388 g/mol. The third kappa shape index (κ3) is 6.08. The second kappa shape index (κ2) is 10.7. The van der Waals surface area contributed by atoms with Gasteiger partial charge in [0, 0.05) is 18.0 Å². The van der Waals surface area contributed by atoms with Gasteiger partial charge in [0.25, 0.3) is 0 Å². The largest absolute Gasteiger partial charge is 0.248 e. The SMILES string of the molecule is C=CCc1ccc(-c2cc(-c3ncccn3)ccc2CCCCCC(C)F)cc1. The number of hydrogen-bond acceptors (Lipinski definition) is 2. The first-order valence-electron chi connectivity index (χ1n) is 10.4. The van der Waals surface area contributed by atoms with Gasteiger partial charge in [-0.2, -0.15) is 0 Å². The fourth-order valence-electron chi connectivity index (χ4n) is 3.56. The van der Waals surface area contributed by atoms with Crippen LogP contribution in [0.2, 0.25) is 0 Å². The first kappa shape index (κ1) is 20.9. The van der Waals surface area contributed by atoms with Crippen LogP contribution >= 0.6 is 0 Å². The summed E-state index contributed by atoms with van der Waals surface area (Å²) < 4.78 is 13.0. The molecule has 0 amide bonds. The average Bonchev–Trinajstić information content (AvgIpc) is 2.75. The lowest BCUT2D eigenvalue weighted by Crippen LogP contribution is -1.96. The number of allylic oxidation sites excluding steroid dienone is 1. The van der Waals surface area contributed by atoms with Crippen LogP contribution in [0, 0.1) is 0 Å². The third-order valence-corrected chi connectivity index (χ3v) is 5.13. The number of aryl methyl sites for hydroxylation is 1. The van der Waals surface area contributed by atoms with Crippen molar-refractivity contribution in [3.05, 3.63) is 84.7 Å². The van der Waals surface area contributed by atoms with Crippen LogP contribution in [0.25, 0.3) is 22.5 Å². The Bertz CT molecular complexity index is 902. The molecule has 29 heavy (non-hydrogen) atoms. The summed E-state index contributed by atoms with van der Waals surface area (Å²) in [7, 11) is 0. The molecule has 0 saturated heterocycles. The van der Waals surface area contributed by atoms with Crippen LogP contribution in [0.3, 0.4) is 0 Å². The van der Waals surface area contributed by atoms with Gasteiger partial charge in [0.2, 0.25) is 0 Å². The summed E-state index contributed by atoms with van der Waals surface area (Å²) in [5.74, 6) is 0.737. The standard InChI is InChI=1S/C26H29FN2/c1-3-8-21-11-13-23(14-12-21)25-19-24(26-28-17-7-18-29-26)16-15-22(25)10-6-4-5-9-20(2)27/h3,7,11-20H,1,4-6,8-10H2,2H3. The van der Waals surface area contributed by atoms with Crippen molar-refractivity contribution in [3.63, 3.8) is 0 Å². The molecule has 0 aliphatic rings. The van der Waals surface area contributed by atoms with Gasteiger partial charge in [-0.05, 0) is 67.0 Å². The number of unbranched alkanes of at least 4 members (excludes halogenated alkanes) is 2. The Kier molecular flexibility index (Phi) is 7.69. The first-order valence-corrected chi connectivity index (χ1v) is 10.4. The van der Waals surface area contributed by atoms with E-state index in [-0.39, 0.29) is 0 Å². The fourth-order valence-corrected chi connectivity index (χ4v) is 3.56. The van der Waals surface area contributed by atoms with E-state index < -0.39 is 6.17 Å². The predicted octanol–water partition coefficient (Wildman–Crippen LogP) is 7.00. The molecule has 0 bridgehead atoms. The smallest absolute Gasteiger partial charge is 0.159 e. The Morgan fingerprint density at radius 2 is 1.69 bits per heavy atom. The molecule has 1 aromatic heterocycles. The van der Waals surface area contributed by atoms with Crippen LogP contribution in [-0.2, 0) is 12.8 Å². The van der Waals surface area contributed by atoms with Crippen LogP contribution in [0.1, 0.15) is 43.7 Å². The molecule has 0 fully saturated rings. The highest BCUT2D eigenvalue weighted by Crippen LogP contribution is 2.30. The van der Waals surface area contributed by atoms with Crippen molar-refractivity contribution < 1.29 is 4.39 Å². The van der Waals surface area contributed by atoms with Crippen molar-refractivity contribution in [2.75, 3.05) is 0 Å². The summed E-state index contributed by atoms with van der Waals surface area (Å²) in [4.78, 5) is 8.79. The van der Waals surface area contributed by atoms with E-state index in [2.05, 4.69) is 59.0 Å². The summed E-state index contributed by atoms with van der Waals surface area (Å²) in [5.41, 5.74) is 6.01. The molecule has 0 aliphatic heterocycles. The molecule has 1 unspecified atom stereocenters. The zero-order chi connectivity index (χ0) is 20.5. The Balaban J connectivity index is 1.85. The lowest BCUT2D eigenvalue weighted by Gasteiger charge is -2.13. The second-order valence-corrected chi connectivity index (χ2v) is 7.51. The van der Waals surface area contributed by atoms with Crippen LogP contribution in [-0.4, -0.2) is 16.1 Å². The minimum Gasteiger partial charge on any atom is -0.248 e. The maximum absolute atomic E-state index is 13.0. The Morgan fingerprint density at radius 3 is 2.38 bits per heavy atom. The Morgan fingerprint density at radius 1 is 0.966 bits per heavy atom. The van der Waals surface area contributed by atoms with Gasteiger partial charge in [-0.25, -0.2) is 14.4 Å². The minimum absolute atomic E-state index is 0.655. The van der Waals surface area contributed by atoms with Crippen molar-refractivity contribution in [3.8, 4) is 22.5 Å². The Labute approximate surface area is 173 Å². The molecule has 3 aromatic rings. The summed E-state index contributed by atoms with van der Waals surface area (Å²) >= 11 is 0. The molecular formula is C26H29FN2. The van der Waals surface area contributed by atoms with Gasteiger partial charge in [-0.1, -0.05) is 55.3 Å². The average molecular weight is 389 g/mol. The van der Waals surface area contributed by atoms with Crippen molar-refractivity contribution >= 4 is 0 Å². The quantitative estimate of drug-likeness (QED) is 0.276. The number of halogens is 1. The lowest BCUT2D eigenvalue weighted by molar-refractivity contribution is 0.330. The van der Waals surface area contributed by atoms with Gasteiger partial charge in [0.15, 0.2) is 5.82 Å². The zero-order valence-corrected chi connectivity index (χ0v) is 17.2. The van der Waals surface area contributed by atoms with E-state index in [1.54, 1.807) is 19.3 Å². The van der Waals surface area contributed by atoms with Gasteiger partial charge in [-0.15, -0.1) is 6.58 Å². The van der Waals surface area contributed by atoms with E-state index in [9.17, 15) is 4.39 Å². The molecule has 0 N–H and O–H groups in total. The number of hydrogen-bond donors (Lipinski definition) is 0. The van der Waals surface area contributed by atoms with E-state index in [0.717, 1.165) is 43.5 Å². The highest BCUT2D eigenvalue weighted by atomic mass is 19.1. The van der Waals surface area contributed by atoms with Gasteiger partial charge in [0.05, 0.1) is 6.17 Å². The highest BCUT2D eigenvalue weighted by molar-refractivity contribution is 5.73. The number of rotatable bonds is 10. The summed E-state index contributed by atoms with van der Waals surface area (Å²) in [6.07, 6.45) is 10.3. The molecule has 0 radical (unpaired) electrons. The van der Waals surface area contributed by atoms with Crippen molar-refractivity contribution in [2.45, 2.75) is 51.6 Å². The van der Waals surface area contributed by atoms with Gasteiger partial charge in [0.1, 0.15) is 0 Å². The molecular weight excluding hydrogens is 359 g/mol. The maximum Gasteiger partial charge on any atom is 0.159 e. The van der Waals surface area contributed by atoms with E-state index >= 15 is 0 Å². The lowest BCUT2D eigenvalue weighted by atomic mass is 9.93. The molecule has 2 aromatic carbocycles. The van der Waals surface area contributed by atoms with Crippen LogP contribution in [0.15, 0.2) is 73.6 Å². The second-order valence-electron chi connectivity index (χ2n) is 7.51. The molecule has 0 aliphatic carbocycles. The van der Waals surface area contributed by atoms with Crippen LogP contribution in [0.5, 0.6) is 0 Å². The van der Waals surface area contributed by atoms with Gasteiger partial charge < -0.3 is 0 Å². The predicted molar refractivity (Wildman–Crippen MR) is 120 cm³/mol. The van der Waals surface area contributed by atoms with Crippen molar-refractivity contribution in [1.82, 2.24) is 9.97 Å². The summed E-state index contributed by atoms with van der Waals surface area (Å²) in [6.45, 7) is 5.46.